The summed E-state index contributed by atoms with van der Waals surface area (Å²) in [5.74, 6) is 0.749. The summed E-state index contributed by atoms with van der Waals surface area (Å²) in [7, 11) is 0. The maximum Gasteiger partial charge on any atom is 0.160 e. The highest BCUT2D eigenvalue weighted by Gasteiger charge is 2.12. The molecule has 0 atom stereocenters. The van der Waals surface area contributed by atoms with Gasteiger partial charge in [0.1, 0.15) is 5.03 Å². The molecule has 1 aromatic heterocycles. The zero-order valence-corrected chi connectivity index (χ0v) is 14.4. The van der Waals surface area contributed by atoms with Crippen molar-refractivity contribution in [3.8, 4) is 22.5 Å². The first-order chi connectivity index (χ1) is 12.4. The minimum atomic E-state index is 0.749. The van der Waals surface area contributed by atoms with Gasteiger partial charge in [0.15, 0.2) is 5.82 Å². The molecule has 0 N–H and O–H groups in total. The number of hydrogen-bond acceptors (Lipinski definition) is 3. The number of rotatable bonds is 4. The zero-order valence-electron chi connectivity index (χ0n) is 13.5. The third-order valence-electron chi connectivity index (χ3n) is 3.83. The molecule has 0 saturated heterocycles. The molecule has 3 aromatic carbocycles. The van der Waals surface area contributed by atoms with Crippen LogP contribution in [0.4, 0.5) is 0 Å². The lowest BCUT2D eigenvalue weighted by Gasteiger charge is -2.10. The van der Waals surface area contributed by atoms with E-state index in [2.05, 4.69) is 29.2 Å². The highest BCUT2D eigenvalue weighted by molar-refractivity contribution is 7.99. The van der Waals surface area contributed by atoms with Crippen LogP contribution in [0.15, 0.2) is 107 Å². The molecule has 0 spiro atoms. The van der Waals surface area contributed by atoms with E-state index in [9.17, 15) is 0 Å². The first-order valence-corrected chi connectivity index (χ1v) is 8.92. The van der Waals surface area contributed by atoms with Crippen molar-refractivity contribution in [2.24, 2.45) is 0 Å². The van der Waals surface area contributed by atoms with E-state index < -0.39 is 0 Å². The van der Waals surface area contributed by atoms with E-state index in [1.54, 1.807) is 11.8 Å². The van der Waals surface area contributed by atoms with Crippen molar-refractivity contribution < 1.29 is 0 Å². The average molecular weight is 340 g/mol. The third-order valence-corrected chi connectivity index (χ3v) is 4.84. The Labute approximate surface area is 151 Å². The molecule has 4 aromatic rings. The van der Waals surface area contributed by atoms with Crippen LogP contribution in [-0.2, 0) is 0 Å². The second kappa shape index (κ2) is 7.32. The van der Waals surface area contributed by atoms with Crippen LogP contribution >= 0.6 is 11.8 Å². The van der Waals surface area contributed by atoms with Gasteiger partial charge in [0.05, 0.1) is 0 Å². The fourth-order valence-corrected chi connectivity index (χ4v) is 3.52. The van der Waals surface area contributed by atoms with Crippen LogP contribution in [0.3, 0.4) is 0 Å². The standard InChI is InChI=1S/C22H16N2S/c1-4-10-17(11-5-1)20-16-23-21(18-12-6-2-7-13-18)24-22(20)25-19-14-8-3-9-15-19/h1-16H. The normalized spacial score (nSPS) is 10.6. The van der Waals surface area contributed by atoms with Crippen molar-refractivity contribution in [1.29, 1.82) is 0 Å². The lowest BCUT2D eigenvalue weighted by molar-refractivity contribution is 1.06. The van der Waals surface area contributed by atoms with Crippen molar-refractivity contribution in [2.75, 3.05) is 0 Å². The molecule has 1 heterocycles. The van der Waals surface area contributed by atoms with E-state index >= 15 is 0 Å². The van der Waals surface area contributed by atoms with Crippen LogP contribution < -0.4 is 0 Å². The van der Waals surface area contributed by atoms with Crippen LogP contribution in [0.25, 0.3) is 22.5 Å². The maximum absolute atomic E-state index is 4.87. The van der Waals surface area contributed by atoms with E-state index in [0.717, 1.165) is 32.4 Å². The second-order valence-corrected chi connectivity index (χ2v) is 6.62. The van der Waals surface area contributed by atoms with E-state index in [1.807, 2.05) is 72.9 Å². The summed E-state index contributed by atoms with van der Waals surface area (Å²) >= 11 is 1.67. The van der Waals surface area contributed by atoms with Gasteiger partial charge >= 0.3 is 0 Å². The molecule has 0 aliphatic rings. The molecule has 25 heavy (non-hydrogen) atoms. The van der Waals surface area contributed by atoms with Crippen molar-refractivity contribution in [1.82, 2.24) is 9.97 Å². The molecule has 0 amide bonds. The Kier molecular flexibility index (Phi) is 4.57. The molecule has 0 unspecified atom stereocenters. The number of hydrogen-bond donors (Lipinski definition) is 0. The topological polar surface area (TPSA) is 25.8 Å². The molecule has 0 radical (unpaired) electrons. The van der Waals surface area contributed by atoms with Crippen molar-refractivity contribution in [2.45, 2.75) is 9.92 Å². The van der Waals surface area contributed by atoms with Crippen molar-refractivity contribution in [3.63, 3.8) is 0 Å². The first-order valence-electron chi connectivity index (χ1n) is 8.11. The molecule has 0 fully saturated rings. The summed E-state index contributed by atoms with van der Waals surface area (Å²) in [6.45, 7) is 0. The Balaban J connectivity index is 1.81. The fourth-order valence-electron chi connectivity index (χ4n) is 2.59. The molecule has 0 saturated carbocycles. The van der Waals surface area contributed by atoms with Crippen LogP contribution in [0.1, 0.15) is 0 Å². The van der Waals surface area contributed by atoms with Crippen molar-refractivity contribution >= 4 is 11.8 Å². The van der Waals surface area contributed by atoms with E-state index in [0.29, 0.717) is 0 Å². The van der Waals surface area contributed by atoms with Crippen LogP contribution in [0, 0.1) is 0 Å². The van der Waals surface area contributed by atoms with Gasteiger partial charge in [-0.15, -0.1) is 0 Å². The smallest absolute Gasteiger partial charge is 0.160 e. The summed E-state index contributed by atoms with van der Waals surface area (Å²) in [5, 5.41) is 0.964. The Morgan fingerprint density at radius 3 is 1.80 bits per heavy atom. The predicted octanol–water partition coefficient (Wildman–Crippen LogP) is 5.96. The highest BCUT2D eigenvalue weighted by atomic mass is 32.2. The molecule has 4 rings (SSSR count). The van der Waals surface area contributed by atoms with Crippen LogP contribution in [0.5, 0.6) is 0 Å². The summed E-state index contributed by atoms with van der Waals surface area (Å²) < 4.78 is 0. The molecule has 0 bridgehead atoms. The molecule has 120 valence electrons. The number of aromatic nitrogens is 2. The van der Waals surface area contributed by atoms with Gasteiger partial charge in [-0.1, -0.05) is 90.6 Å². The van der Waals surface area contributed by atoms with Gasteiger partial charge in [-0.3, -0.25) is 0 Å². The summed E-state index contributed by atoms with van der Waals surface area (Å²) in [6.07, 6.45) is 1.93. The monoisotopic (exact) mass is 340 g/mol. The largest absolute Gasteiger partial charge is 0.236 e. The lowest BCUT2D eigenvalue weighted by atomic mass is 10.1. The van der Waals surface area contributed by atoms with E-state index in [4.69, 9.17) is 4.98 Å². The molecular weight excluding hydrogens is 324 g/mol. The first kappa shape index (κ1) is 15.6. The molecule has 0 aliphatic heterocycles. The van der Waals surface area contributed by atoms with E-state index in [-0.39, 0.29) is 0 Å². The Morgan fingerprint density at radius 2 is 1.16 bits per heavy atom. The number of nitrogens with zero attached hydrogens (tertiary/aromatic N) is 2. The SMILES string of the molecule is c1ccc(Sc2nc(-c3ccccc3)ncc2-c2ccccc2)cc1. The Hall–Kier alpha value is -2.91. The van der Waals surface area contributed by atoms with Gasteiger partial charge in [0.25, 0.3) is 0 Å². The third kappa shape index (κ3) is 3.62. The average Bonchev–Trinajstić information content (AvgIpc) is 2.70. The second-order valence-electron chi connectivity index (χ2n) is 5.56. The van der Waals surface area contributed by atoms with Gasteiger partial charge in [0.2, 0.25) is 0 Å². The van der Waals surface area contributed by atoms with Gasteiger partial charge in [-0.25, -0.2) is 9.97 Å². The quantitative estimate of drug-likeness (QED) is 0.429. The lowest BCUT2D eigenvalue weighted by Crippen LogP contribution is -1.94. The summed E-state index contributed by atoms with van der Waals surface area (Å²) in [5.41, 5.74) is 3.20. The minimum Gasteiger partial charge on any atom is -0.236 e. The van der Waals surface area contributed by atoms with Gasteiger partial charge < -0.3 is 0 Å². The zero-order chi connectivity index (χ0) is 16.9. The highest BCUT2D eigenvalue weighted by Crippen LogP contribution is 2.35. The summed E-state index contributed by atoms with van der Waals surface area (Å²) in [6, 6.07) is 30.7. The van der Waals surface area contributed by atoms with Gasteiger partial charge in [-0.2, -0.15) is 0 Å². The Bertz CT molecular complexity index is 955. The van der Waals surface area contributed by atoms with Gasteiger partial charge in [0, 0.05) is 22.2 Å². The van der Waals surface area contributed by atoms with E-state index in [1.165, 1.54) is 0 Å². The van der Waals surface area contributed by atoms with Crippen molar-refractivity contribution in [3.05, 3.63) is 97.2 Å². The minimum absolute atomic E-state index is 0.749. The maximum atomic E-state index is 4.87. The molecule has 2 nitrogen and oxygen atoms in total. The predicted molar refractivity (Wildman–Crippen MR) is 103 cm³/mol. The van der Waals surface area contributed by atoms with Crippen LogP contribution in [0.2, 0.25) is 0 Å². The fraction of sp³-hybridized carbons (Fsp3) is 0. The molecule has 0 aliphatic carbocycles. The van der Waals surface area contributed by atoms with Gasteiger partial charge in [-0.05, 0) is 17.7 Å². The number of benzene rings is 3. The molecule has 3 heteroatoms. The van der Waals surface area contributed by atoms with Crippen LogP contribution in [-0.4, -0.2) is 9.97 Å². The summed E-state index contributed by atoms with van der Waals surface area (Å²) in [4.78, 5) is 10.6. The Morgan fingerprint density at radius 1 is 0.600 bits per heavy atom. The molecular formula is C22H16N2S.